The van der Waals surface area contributed by atoms with E-state index < -0.39 is 6.10 Å². The first-order valence-electron chi connectivity index (χ1n) is 10.2. The standard InChI is InChI=1S/C22H29N3O2/c26-21-13-17(14-25-11-10-23-15-25)12-20(21)24-22(27)3-1-2-16-4-6-18(7-5-16)19-8-9-19/h4-7,10-11,15,17,19-21,26H,1-3,8-9,12-14H2,(H,24,27)/t17?,20-,21-/m1/s1. The molecule has 27 heavy (non-hydrogen) atoms. The highest BCUT2D eigenvalue weighted by Crippen LogP contribution is 2.39. The molecule has 2 aliphatic carbocycles. The second kappa shape index (κ2) is 8.26. The fraction of sp³-hybridized carbons (Fsp3) is 0.545. The Morgan fingerprint density at radius 1 is 1.22 bits per heavy atom. The quantitative estimate of drug-likeness (QED) is 0.754. The summed E-state index contributed by atoms with van der Waals surface area (Å²) in [6.45, 7) is 0.848. The zero-order valence-corrected chi connectivity index (χ0v) is 15.8. The molecule has 1 aromatic heterocycles. The molecule has 0 bridgehead atoms. The van der Waals surface area contributed by atoms with E-state index in [1.807, 2.05) is 10.8 Å². The Kier molecular flexibility index (Phi) is 5.58. The van der Waals surface area contributed by atoms with E-state index in [0.29, 0.717) is 12.3 Å². The first kappa shape index (κ1) is 18.2. The van der Waals surface area contributed by atoms with E-state index >= 15 is 0 Å². The van der Waals surface area contributed by atoms with Crippen LogP contribution in [0.25, 0.3) is 0 Å². The maximum atomic E-state index is 12.3. The second-order valence-electron chi connectivity index (χ2n) is 8.21. The fourth-order valence-electron chi connectivity index (χ4n) is 4.22. The van der Waals surface area contributed by atoms with Crippen molar-refractivity contribution in [3.05, 3.63) is 54.1 Å². The number of carbonyl (C=O) groups is 1. The Bertz CT molecular complexity index is 737. The van der Waals surface area contributed by atoms with Crippen molar-refractivity contribution >= 4 is 5.91 Å². The molecule has 144 valence electrons. The van der Waals surface area contributed by atoms with Crippen molar-refractivity contribution in [2.45, 2.75) is 69.6 Å². The second-order valence-corrected chi connectivity index (χ2v) is 8.21. The maximum absolute atomic E-state index is 12.3. The molecule has 0 spiro atoms. The molecule has 4 rings (SSSR count). The molecule has 2 aromatic rings. The van der Waals surface area contributed by atoms with Gasteiger partial charge in [0.25, 0.3) is 0 Å². The van der Waals surface area contributed by atoms with Gasteiger partial charge in [-0.05, 0) is 61.5 Å². The van der Waals surface area contributed by atoms with Crippen molar-refractivity contribution in [2.75, 3.05) is 0 Å². The average molecular weight is 367 g/mol. The lowest BCUT2D eigenvalue weighted by molar-refractivity contribution is -0.122. The van der Waals surface area contributed by atoms with Gasteiger partial charge in [0, 0.05) is 25.4 Å². The van der Waals surface area contributed by atoms with Gasteiger partial charge >= 0.3 is 0 Å². The normalized spacial score (nSPS) is 24.9. The third-order valence-corrected chi connectivity index (χ3v) is 5.90. The van der Waals surface area contributed by atoms with E-state index in [2.05, 4.69) is 34.6 Å². The number of aliphatic hydroxyl groups excluding tert-OH is 1. The van der Waals surface area contributed by atoms with Crippen LogP contribution in [0, 0.1) is 5.92 Å². The van der Waals surface area contributed by atoms with Gasteiger partial charge in [-0.25, -0.2) is 4.98 Å². The zero-order chi connectivity index (χ0) is 18.6. The predicted octanol–water partition coefficient (Wildman–Crippen LogP) is 3.04. The summed E-state index contributed by atoms with van der Waals surface area (Å²) < 4.78 is 2.04. The minimum Gasteiger partial charge on any atom is -0.391 e. The molecule has 2 fully saturated rings. The molecule has 1 aromatic carbocycles. The largest absolute Gasteiger partial charge is 0.391 e. The van der Waals surface area contributed by atoms with Crippen molar-refractivity contribution < 1.29 is 9.90 Å². The molecule has 0 aliphatic heterocycles. The summed E-state index contributed by atoms with van der Waals surface area (Å²) >= 11 is 0. The van der Waals surface area contributed by atoms with Crippen molar-refractivity contribution in [2.24, 2.45) is 5.92 Å². The average Bonchev–Trinajstić information content (AvgIpc) is 3.28. The minimum atomic E-state index is -0.447. The van der Waals surface area contributed by atoms with Gasteiger partial charge in [0.1, 0.15) is 0 Å². The molecule has 5 heteroatoms. The molecule has 2 aliphatic rings. The molecule has 1 amide bonds. The van der Waals surface area contributed by atoms with E-state index in [1.165, 1.54) is 24.0 Å². The van der Waals surface area contributed by atoms with Gasteiger partial charge in [-0.2, -0.15) is 0 Å². The van der Waals surface area contributed by atoms with Crippen molar-refractivity contribution in [1.29, 1.82) is 0 Å². The van der Waals surface area contributed by atoms with Gasteiger partial charge in [-0.3, -0.25) is 4.79 Å². The molecular weight excluding hydrogens is 338 g/mol. The highest BCUT2D eigenvalue weighted by Gasteiger charge is 2.33. The number of carbonyl (C=O) groups excluding carboxylic acids is 1. The maximum Gasteiger partial charge on any atom is 0.220 e. The summed E-state index contributed by atoms with van der Waals surface area (Å²) in [6, 6.07) is 8.76. The Morgan fingerprint density at radius 2 is 2.04 bits per heavy atom. The molecule has 1 heterocycles. The summed E-state index contributed by atoms with van der Waals surface area (Å²) in [6.07, 6.45) is 11.6. The van der Waals surface area contributed by atoms with Crippen LogP contribution in [-0.2, 0) is 17.8 Å². The molecule has 5 nitrogen and oxygen atoms in total. The summed E-state index contributed by atoms with van der Waals surface area (Å²) in [7, 11) is 0. The van der Waals surface area contributed by atoms with Crippen LogP contribution in [0.2, 0.25) is 0 Å². The number of aromatic nitrogens is 2. The number of nitrogens with zero attached hydrogens (tertiary/aromatic N) is 2. The van der Waals surface area contributed by atoms with Crippen molar-refractivity contribution in [3.8, 4) is 0 Å². The van der Waals surface area contributed by atoms with Crippen molar-refractivity contribution in [3.63, 3.8) is 0 Å². The highest BCUT2D eigenvalue weighted by atomic mass is 16.3. The molecule has 1 unspecified atom stereocenters. The number of aliphatic hydroxyl groups is 1. The van der Waals surface area contributed by atoms with Crippen LogP contribution < -0.4 is 5.32 Å². The van der Waals surface area contributed by atoms with Gasteiger partial charge in [0.15, 0.2) is 0 Å². The smallest absolute Gasteiger partial charge is 0.220 e. The van der Waals surface area contributed by atoms with Crippen LogP contribution in [0.3, 0.4) is 0 Å². The molecule has 0 saturated heterocycles. The topological polar surface area (TPSA) is 67.2 Å². The predicted molar refractivity (Wildman–Crippen MR) is 104 cm³/mol. The third-order valence-electron chi connectivity index (χ3n) is 5.90. The van der Waals surface area contributed by atoms with Crippen LogP contribution >= 0.6 is 0 Å². The van der Waals surface area contributed by atoms with E-state index in [1.54, 1.807) is 12.5 Å². The van der Waals surface area contributed by atoms with E-state index in [-0.39, 0.29) is 11.9 Å². The number of rotatable bonds is 8. The molecule has 3 atom stereocenters. The number of aryl methyl sites for hydroxylation is 1. The number of hydrogen-bond donors (Lipinski definition) is 2. The molecule has 0 radical (unpaired) electrons. The van der Waals surface area contributed by atoms with E-state index in [0.717, 1.165) is 38.1 Å². The number of nitrogens with one attached hydrogen (secondary N) is 1. The van der Waals surface area contributed by atoms with Gasteiger partial charge in [0.05, 0.1) is 18.5 Å². The van der Waals surface area contributed by atoms with E-state index in [9.17, 15) is 9.90 Å². The minimum absolute atomic E-state index is 0.0527. The van der Waals surface area contributed by atoms with Gasteiger partial charge < -0.3 is 15.0 Å². The zero-order valence-electron chi connectivity index (χ0n) is 15.8. The van der Waals surface area contributed by atoms with Crippen molar-refractivity contribution in [1.82, 2.24) is 14.9 Å². The highest BCUT2D eigenvalue weighted by molar-refractivity contribution is 5.76. The summed E-state index contributed by atoms with van der Waals surface area (Å²) in [5, 5.41) is 13.3. The monoisotopic (exact) mass is 367 g/mol. The Labute approximate surface area is 160 Å². The fourth-order valence-corrected chi connectivity index (χ4v) is 4.22. The number of imidazole rings is 1. The van der Waals surface area contributed by atoms with Crippen LogP contribution in [0.4, 0.5) is 0 Å². The third kappa shape index (κ3) is 4.98. The summed E-state index contributed by atoms with van der Waals surface area (Å²) in [5.41, 5.74) is 2.76. The number of benzene rings is 1. The van der Waals surface area contributed by atoms with Gasteiger partial charge in [0.2, 0.25) is 5.91 Å². The lowest BCUT2D eigenvalue weighted by Gasteiger charge is -2.16. The lowest BCUT2D eigenvalue weighted by Crippen LogP contribution is -2.39. The van der Waals surface area contributed by atoms with Crippen LogP contribution in [0.5, 0.6) is 0 Å². The Morgan fingerprint density at radius 3 is 2.74 bits per heavy atom. The SMILES string of the molecule is O=C(CCCc1ccc(C2CC2)cc1)N[C@@H]1CC(Cn2ccnc2)C[C@H]1O. The summed E-state index contributed by atoms with van der Waals surface area (Å²) in [4.78, 5) is 16.3. The van der Waals surface area contributed by atoms with Crippen LogP contribution in [0.1, 0.15) is 55.6 Å². The van der Waals surface area contributed by atoms with Crippen LogP contribution in [0.15, 0.2) is 43.0 Å². The molecule has 2 N–H and O–H groups in total. The lowest BCUT2D eigenvalue weighted by atomic mass is 10.0. The van der Waals surface area contributed by atoms with Gasteiger partial charge in [-0.1, -0.05) is 24.3 Å². The van der Waals surface area contributed by atoms with Gasteiger partial charge in [-0.15, -0.1) is 0 Å². The number of amides is 1. The Balaban J connectivity index is 1.17. The van der Waals surface area contributed by atoms with Crippen LogP contribution in [-0.4, -0.2) is 32.7 Å². The molecular formula is C22H29N3O2. The first-order chi connectivity index (χ1) is 13.2. The Hall–Kier alpha value is -2.14. The first-order valence-corrected chi connectivity index (χ1v) is 10.2. The van der Waals surface area contributed by atoms with E-state index in [4.69, 9.17) is 0 Å². The summed E-state index contributed by atoms with van der Waals surface area (Å²) in [5.74, 6) is 1.22. The number of hydrogen-bond acceptors (Lipinski definition) is 3. The molecule has 2 saturated carbocycles.